The molecule has 1 N–H and O–H groups in total. The molecule has 0 spiro atoms. The van der Waals surface area contributed by atoms with Gasteiger partial charge in [-0.25, -0.2) is 4.79 Å². The first kappa shape index (κ1) is 19.2. The van der Waals surface area contributed by atoms with Crippen molar-refractivity contribution in [3.8, 4) is 0 Å². The van der Waals surface area contributed by atoms with Gasteiger partial charge >= 0.3 is 6.03 Å². The molecule has 29 heavy (non-hydrogen) atoms. The number of hydrogen-bond acceptors (Lipinski definition) is 3. The highest BCUT2D eigenvalue weighted by atomic mass is 16.2. The summed E-state index contributed by atoms with van der Waals surface area (Å²) in [5.74, 6) is 1.87. The number of anilines is 2. The quantitative estimate of drug-likeness (QED) is 0.693. The number of carbonyl (C=O) groups excluding carboxylic acids is 1. The maximum absolute atomic E-state index is 13.2. The van der Waals surface area contributed by atoms with E-state index in [9.17, 15) is 4.79 Å². The zero-order valence-electron chi connectivity index (χ0n) is 17.1. The smallest absolute Gasteiger partial charge is 0.313 e. The predicted octanol–water partition coefficient (Wildman–Crippen LogP) is 4.86. The molecule has 0 bridgehead atoms. The monoisotopic (exact) mass is 389 g/mol. The summed E-state index contributed by atoms with van der Waals surface area (Å²) in [5.41, 5.74) is 3.98. The number of hydrogen-bond donors (Lipinski definition) is 1. The van der Waals surface area contributed by atoms with Crippen LogP contribution in [0.25, 0.3) is 0 Å². The molecule has 4 rings (SSSR count). The number of carbonyl (C=O) groups is 1. The maximum atomic E-state index is 13.2. The Balaban J connectivity index is 1.65. The number of para-hydroxylation sites is 1. The Hall–Kier alpha value is -3.15. The van der Waals surface area contributed by atoms with Gasteiger partial charge in [0.25, 0.3) is 0 Å². The third kappa shape index (κ3) is 4.31. The Morgan fingerprint density at radius 2 is 1.86 bits per heavy atom. The number of rotatable bonds is 4. The molecule has 6 heteroatoms. The van der Waals surface area contributed by atoms with Gasteiger partial charge < -0.3 is 9.88 Å². The van der Waals surface area contributed by atoms with Crippen molar-refractivity contribution in [1.29, 1.82) is 0 Å². The van der Waals surface area contributed by atoms with E-state index in [0.29, 0.717) is 6.54 Å². The fraction of sp³-hybridized carbons (Fsp3) is 0.348. The molecular formula is C23H27N5O. The largest absolute Gasteiger partial charge is 0.326 e. The van der Waals surface area contributed by atoms with Gasteiger partial charge in [-0.2, -0.15) is 0 Å². The van der Waals surface area contributed by atoms with Crippen LogP contribution in [0.2, 0.25) is 0 Å². The second kappa shape index (κ2) is 8.47. The molecule has 6 nitrogen and oxygen atoms in total. The fourth-order valence-corrected chi connectivity index (χ4v) is 3.69. The standard InChI is InChI=1S/C23H27N5O/c1-17-12-13-20(15-18(17)2)28(23(29)24-19-9-5-3-6-10-19)16-22-26-25-21-11-7-4-8-14-27(21)22/h3,5-6,9-10,12-13,15H,4,7-8,11,14,16H2,1-2H3,(H,24,29). The molecule has 1 aliphatic rings. The van der Waals surface area contributed by atoms with E-state index in [-0.39, 0.29) is 6.03 Å². The Morgan fingerprint density at radius 1 is 1.03 bits per heavy atom. The summed E-state index contributed by atoms with van der Waals surface area (Å²) in [4.78, 5) is 15.0. The molecule has 2 heterocycles. The van der Waals surface area contributed by atoms with Crippen LogP contribution in [0.5, 0.6) is 0 Å². The van der Waals surface area contributed by atoms with Crippen LogP contribution in [-0.4, -0.2) is 20.8 Å². The lowest BCUT2D eigenvalue weighted by atomic mass is 10.1. The van der Waals surface area contributed by atoms with Crippen molar-refractivity contribution in [2.24, 2.45) is 0 Å². The lowest BCUT2D eigenvalue weighted by Crippen LogP contribution is -2.35. The van der Waals surface area contributed by atoms with E-state index in [0.717, 1.165) is 54.4 Å². The lowest BCUT2D eigenvalue weighted by Gasteiger charge is -2.24. The molecule has 1 aliphatic heterocycles. The van der Waals surface area contributed by atoms with E-state index in [1.54, 1.807) is 4.90 Å². The molecular weight excluding hydrogens is 362 g/mol. The summed E-state index contributed by atoms with van der Waals surface area (Å²) in [6.07, 6.45) is 4.43. The summed E-state index contributed by atoms with van der Waals surface area (Å²) in [7, 11) is 0. The van der Waals surface area contributed by atoms with E-state index in [2.05, 4.69) is 46.1 Å². The first-order valence-corrected chi connectivity index (χ1v) is 10.2. The Morgan fingerprint density at radius 3 is 2.66 bits per heavy atom. The fourth-order valence-electron chi connectivity index (χ4n) is 3.69. The number of aryl methyl sites for hydroxylation is 3. The average Bonchev–Trinajstić information content (AvgIpc) is 2.94. The van der Waals surface area contributed by atoms with Crippen LogP contribution in [0.3, 0.4) is 0 Å². The van der Waals surface area contributed by atoms with Crippen LogP contribution in [0.4, 0.5) is 16.2 Å². The van der Waals surface area contributed by atoms with E-state index >= 15 is 0 Å². The molecule has 0 atom stereocenters. The molecule has 0 saturated carbocycles. The minimum atomic E-state index is -0.176. The van der Waals surface area contributed by atoms with Gasteiger partial charge in [0, 0.05) is 24.3 Å². The van der Waals surface area contributed by atoms with Gasteiger partial charge in [-0.3, -0.25) is 4.90 Å². The molecule has 0 unspecified atom stereocenters. The minimum absolute atomic E-state index is 0.176. The number of nitrogens with one attached hydrogen (secondary N) is 1. The Bertz CT molecular complexity index is 996. The summed E-state index contributed by atoms with van der Waals surface area (Å²) < 4.78 is 2.19. The van der Waals surface area contributed by atoms with Crippen LogP contribution in [0, 0.1) is 13.8 Å². The number of urea groups is 1. The van der Waals surface area contributed by atoms with E-state index in [1.165, 1.54) is 12.0 Å². The molecule has 2 amide bonds. The molecule has 0 aliphatic carbocycles. The van der Waals surface area contributed by atoms with E-state index < -0.39 is 0 Å². The van der Waals surface area contributed by atoms with E-state index in [4.69, 9.17) is 0 Å². The van der Waals surface area contributed by atoms with Crippen LogP contribution in [-0.2, 0) is 19.5 Å². The number of amides is 2. The second-order valence-electron chi connectivity index (χ2n) is 7.65. The van der Waals surface area contributed by atoms with Crippen molar-refractivity contribution in [2.45, 2.75) is 52.6 Å². The lowest BCUT2D eigenvalue weighted by molar-refractivity contribution is 0.256. The van der Waals surface area contributed by atoms with Crippen molar-refractivity contribution < 1.29 is 4.79 Å². The highest BCUT2D eigenvalue weighted by molar-refractivity contribution is 6.01. The topological polar surface area (TPSA) is 63.1 Å². The second-order valence-corrected chi connectivity index (χ2v) is 7.65. The van der Waals surface area contributed by atoms with Gasteiger partial charge in [-0.1, -0.05) is 30.7 Å². The van der Waals surface area contributed by atoms with Crippen LogP contribution < -0.4 is 10.2 Å². The molecule has 2 aromatic carbocycles. The molecule has 150 valence electrons. The van der Waals surface area contributed by atoms with Crippen LogP contribution in [0.1, 0.15) is 42.0 Å². The predicted molar refractivity (Wildman–Crippen MR) is 115 cm³/mol. The summed E-state index contributed by atoms with van der Waals surface area (Å²) in [6.45, 7) is 5.44. The summed E-state index contributed by atoms with van der Waals surface area (Å²) in [5, 5.41) is 11.8. The van der Waals surface area contributed by atoms with Gasteiger partial charge in [-0.15, -0.1) is 10.2 Å². The van der Waals surface area contributed by atoms with Gasteiger partial charge in [0.1, 0.15) is 5.82 Å². The third-order valence-electron chi connectivity index (χ3n) is 5.56. The molecule has 0 radical (unpaired) electrons. The van der Waals surface area contributed by atoms with Gasteiger partial charge in [0.15, 0.2) is 5.82 Å². The maximum Gasteiger partial charge on any atom is 0.326 e. The Labute approximate surface area is 171 Å². The SMILES string of the molecule is Cc1ccc(N(Cc2nnc3n2CCCCC3)C(=O)Nc2ccccc2)cc1C. The minimum Gasteiger partial charge on any atom is -0.313 e. The summed E-state index contributed by atoms with van der Waals surface area (Å²) in [6, 6.07) is 15.5. The van der Waals surface area contributed by atoms with Crippen molar-refractivity contribution in [3.63, 3.8) is 0 Å². The van der Waals surface area contributed by atoms with Crippen molar-refractivity contribution in [1.82, 2.24) is 14.8 Å². The van der Waals surface area contributed by atoms with Crippen LogP contribution >= 0.6 is 0 Å². The van der Waals surface area contributed by atoms with Crippen molar-refractivity contribution >= 4 is 17.4 Å². The van der Waals surface area contributed by atoms with E-state index in [1.807, 2.05) is 36.4 Å². The van der Waals surface area contributed by atoms with Crippen LogP contribution in [0.15, 0.2) is 48.5 Å². The number of benzene rings is 2. The van der Waals surface area contributed by atoms with Gasteiger partial charge in [0.05, 0.1) is 6.54 Å². The van der Waals surface area contributed by atoms with Gasteiger partial charge in [-0.05, 0) is 62.1 Å². The zero-order valence-corrected chi connectivity index (χ0v) is 17.1. The number of aromatic nitrogens is 3. The molecule has 0 fully saturated rings. The molecule has 1 aromatic heterocycles. The first-order valence-electron chi connectivity index (χ1n) is 10.2. The average molecular weight is 390 g/mol. The number of fused-ring (bicyclic) bond motifs is 1. The zero-order chi connectivity index (χ0) is 20.2. The normalized spacial score (nSPS) is 13.4. The third-order valence-corrected chi connectivity index (χ3v) is 5.56. The number of nitrogens with zero attached hydrogens (tertiary/aromatic N) is 4. The van der Waals surface area contributed by atoms with Crippen molar-refractivity contribution in [3.05, 3.63) is 71.3 Å². The highest BCUT2D eigenvalue weighted by Crippen LogP contribution is 2.23. The highest BCUT2D eigenvalue weighted by Gasteiger charge is 2.22. The Kier molecular flexibility index (Phi) is 5.60. The summed E-state index contributed by atoms with van der Waals surface area (Å²) >= 11 is 0. The molecule has 3 aromatic rings. The van der Waals surface area contributed by atoms with Gasteiger partial charge in [0.2, 0.25) is 0 Å². The molecule has 0 saturated heterocycles. The first-order chi connectivity index (χ1) is 14.1. The van der Waals surface area contributed by atoms with Crippen molar-refractivity contribution in [2.75, 3.05) is 10.2 Å².